The lowest BCUT2D eigenvalue weighted by Crippen LogP contribution is -2.37. The molecule has 1 fully saturated rings. The van der Waals surface area contributed by atoms with E-state index in [1.54, 1.807) is 0 Å². The first kappa shape index (κ1) is 15.0. The third kappa shape index (κ3) is 3.37. The first-order valence-electron chi connectivity index (χ1n) is 6.85. The Morgan fingerprint density at radius 1 is 1.55 bits per heavy atom. The van der Waals surface area contributed by atoms with Gasteiger partial charge in [-0.25, -0.2) is 9.97 Å². The Hall–Kier alpha value is -1.40. The molecule has 1 amide bonds. The standard InChI is InChI=1S/C13H19ClN4O2/c1-2-9(8-19)16-12(20)11-10(14)7-15-13(17-11)18-5-3-4-6-18/h7,9,19H,2-6,8H2,1H3,(H,16,20). The number of hydrogen-bond donors (Lipinski definition) is 2. The average Bonchev–Trinajstić information content (AvgIpc) is 2.99. The lowest BCUT2D eigenvalue weighted by molar-refractivity contribution is 0.0910. The topological polar surface area (TPSA) is 78.3 Å². The summed E-state index contributed by atoms with van der Waals surface area (Å²) < 4.78 is 0. The summed E-state index contributed by atoms with van der Waals surface area (Å²) in [5.41, 5.74) is 0.162. The van der Waals surface area contributed by atoms with Crippen LogP contribution in [0.25, 0.3) is 0 Å². The van der Waals surface area contributed by atoms with Gasteiger partial charge in [-0.2, -0.15) is 0 Å². The maximum absolute atomic E-state index is 12.1. The van der Waals surface area contributed by atoms with Crippen LogP contribution in [0.2, 0.25) is 5.02 Å². The molecule has 2 heterocycles. The van der Waals surface area contributed by atoms with Gasteiger partial charge >= 0.3 is 0 Å². The van der Waals surface area contributed by atoms with E-state index in [4.69, 9.17) is 16.7 Å². The molecular weight excluding hydrogens is 280 g/mol. The van der Waals surface area contributed by atoms with Gasteiger partial charge in [-0.1, -0.05) is 18.5 Å². The van der Waals surface area contributed by atoms with Gasteiger partial charge in [0.15, 0.2) is 5.69 Å². The monoisotopic (exact) mass is 298 g/mol. The lowest BCUT2D eigenvalue weighted by Gasteiger charge is -2.17. The molecule has 20 heavy (non-hydrogen) atoms. The quantitative estimate of drug-likeness (QED) is 0.855. The number of aliphatic hydroxyl groups excluding tert-OH is 1. The van der Waals surface area contributed by atoms with Crippen molar-refractivity contribution >= 4 is 23.5 Å². The molecule has 0 bridgehead atoms. The molecule has 110 valence electrons. The number of carbonyl (C=O) groups is 1. The number of nitrogens with one attached hydrogen (secondary N) is 1. The van der Waals surface area contributed by atoms with Crippen molar-refractivity contribution in [3.8, 4) is 0 Å². The highest BCUT2D eigenvalue weighted by Crippen LogP contribution is 2.19. The predicted molar refractivity (Wildman–Crippen MR) is 77.1 cm³/mol. The van der Waals surface area contributed by atoms with E-state index in [0.717, 1.165) is 25.9 Å². The van der Waals surface area contributed by atoms with Crippen LogP contribution >= 0.6 is 11.6 Å². The van der Waals surface area contributed by atoms with Crippen molar-refractivity contribution in [3.05, 3.63) is 16.9 Å². The fourth-order valence-corrected chi connectivity index (χ4v) is 2.29. The molecule has 1 saturated heterocycles. The maximum atomic E-state index is 12.1. The molecule has 0 saturated carbocycles. The summed E-state index contributed by atoms with van der Waals surface area (Å²) in [7, 11) is 0. The predicted octanol–water partition coefficient (Wildman–Crippen LogP) is 1.23. The maximum Gasteiger partial charge on any atom is 0.271 e. The summed E-state index contributed by atoms with van der Waals surface area (Å²) in [5.74, 6) is 0.160. The van der Waals surface area contributed by atoms with E-state index in [0.29, 0.717) is 12.4 Å². The first-order chi connectivity index (χ1) is 9.65. The Morgan fingerprint density at radius 3 is 2.85 bits per heavy atom. The summed E-state index contributed by atoms with van der Waals surface area (Å²) in [4.78, 5) is 22.6. The Labute approximate surface area is 123 Å². The summed E-state index contributed by atoms with van der Waals surface area (Å²) in [6.45, 7) is 3.58. The molecule has 1 aromatic rings. The fraction of sp³-hybridized carbons (Fsp3) is 0.615. The second-order valence-electron chi connectivity index (χ2n) is 4.82. The first-order valence-corrected chi connectivity index (χ1v) is 7.22. The molecule has 2 rings (SSSR count). The van der Waals surface area contributed by atoms with Crippen LogP contribution in [0.5, 0.6) is 0 Å². The summed E-state index contributed by atoms with van der Waals surface area (Å²) in [6.07, 6.45) is 4.31. The molecule has 0 radical (unpaired) electrons. The SMILES string of the molecule is CCC(CO)NC(=O)c1nc(N2CCCC2)ncc1Cl. The molecule has 6 nitrogen and oxygen atoms in total. The second-order valence-corrected chi connectivity index (χ2v) is 5.23. The normalized spacial score (nSPS) is 16.2. The number of aliphatic hydroxyl groups is 1. The number of aromatic nitrogens is 2. The van der Waals surface area contributed by atoms with Crippen LogP contribution in [0.4, 0.5) is 5.95 Å². The van der Waals surface area contributed by atoms with E-state index in [9.17, 15) is 4.79 Å². The van der Waals surface area contributed by atoms with Crippen molar-refractivity contribution in [2.45, 2.75) is 32.2 Å². The van der Waals surface area contributed by atoms with Crippen LogP contribution in [0.3, 0.4) is 0 Å². The molecule has 1 unspecified atom stereocenters. The molecule has 7 heteroatoms. The molecule has 0 spiro atoms. The third-order valence-electron chi connectivity index (χ3n) is 3.38. The summed E-state index contributed by atoms with van der Waals surface area (Å²) >= 11 is 6.00. The van der Waals surface area contributed by atoms with E-state index >= 15 is 0 Å². The van der Waals surface area contributed by atoms with Gasteiger partial charge in [0.2, 0.25) is 5.95 Å². The van der Waals surface area contributed by atoms with E-state index < -0.39 is 0 Å². The van der Waals surface area contributed by atoms with Crippen molar-refractivity contribution < 1.29 is 9.90 Å². The zero-order valence-electron chi connectivity index (χ0n) is 11.5. The van der Waals surface area contributed by atoms with Crippen LogP contribution < -0.4 is 10.2 Å². The van der Waals surface area contributed by atoms with Gasteiger partial charge in [-0.3, -0.25) is 4.79 Å². The molecule has 1 aliphatic rings. The van der Waals surface area contributed by atoms with Gasteiger partial charge in [-0.15, -0.1) is 0 Å². The fourth-order valence-electron chi connectivity index (χ4n) is 2.12. The molecule has 2 N–H and O–H groups in total. The number of halogens is 1. The minimum Gasteiger partial charge on any atom is -0.394 e. The second kappa shape index (κ2) is 6.85. The molecule has 1 atom stereocenters. The number of carbonyl (C=O) groups excluding carboxylic acids is 1. The third-order valence-corrected chi connectivity index (χ3v) is 3.66. The smallest absolute Gasteiger partial charge is 0.271 e. The molecule has 1 aromatic heterocycles. The van der Waals surface area contributed by atoms with Crippen LogP contribution in [-0.4, -0.2) is 46.7 Å². The zero-order valence-corrected chi connectivity index (χ0v) is 12.2. The molecular formula is C13H19ClN4O2. The molecule has 0 aliphatic carbocycles. The van der Waals surface area contributed by atoms with Crippen molar-refractivity contribution in [1.29, 1.82) is 0 Å². The van der Waals surface area contributed by atoms with E-state index in [1.807, 2.05) is 11.8 Å². The molecule has 0 aromatic carbocycles. The van der Waals surface area contributed by atoms with Crippen LogP contribution in [-0.2, 0) is 0 Å². The Morgan fingerprint density at radius 2 is 2.25 bits per heavy atom. The van der Waals surface area contributed by atoms with E-state index in [1.165, 1.54) is 6.20 Å². The van der Waals surface area contributed by atoms with Gasteiger partial charge in [-0.05, 0) is 19.3 Å². The minimum atomic E-state index is -0.376. The average molecular weight is 299 g/mol. The van der Waals surface area contributed by atoms with E-state index in [2.05, 4.69) is 15.3 Å². The van der Waals surface area contributed by atoms with Gasteiger partial charge in [0.1, 0.15) is 0 Å². The van der Waals surface area contributed by atoms with Crippen molar-refractivity contribution in [2.24, 2.45) is 0 Å². The number of amides is 1. The largest absolute Gasteiger partial charge is 0.394 e. The summed E-state index contributed by atoms with van der Waals surface area (Å²) in [6, 6.07) is -0.288. The minimum absolute atomic E-state index is 0.107. The molecule has 1 aliphatic heterocycles. The highest BCUT2D eigenvalue weighted by molar-refractivity contribution is 6.33. The Balaban J connectivity index is 2.17. The van der Waals surface area contributed by atoms with Crippen molar-refractivity contribution in [2.75, 3.05) is 24.6 Å². The van der Waals surface area contributed by atoms with Gasteiger partial charge in [0.05, 0.1) is 23.9 Å². The lowest BCUT2D eigenvalue weighted by atomic mass is 10.2. The summed E-state index contributed by atoms with van der Waals surface area (Å²) in [5, 5.41) is 12.1. The van der Waals surface area contributed by atoms with Gasteiger partial charge < -0.3 is 15.3 Å². The van der Waals surface area contributed by atoms with Crippen molar-refractivity contribution in [3.63, 3.8) is 0 Å². The number of nitrogens with zero attached hydrogens (tertiary/aromatic N) is 3. The van der Waals surface area contributed by atoms with Crippen LogP contribution in [0.1, 0.15) is 36.7 Å². The zero-order chi connectivity index (χ0) is 14.5. The van der Waals surface area contributed by atoms with Crippen LogP contribution in [0.15, 0.2) is 6.20 Å². The van der Waals surface area contributed by atoms with Gasteiger partial charge in [0.25, 0.3) is 5.91 Å². The number of rotatable bonds is 5. The van der Waals surface area contributed by atoms with Gasteiger partial charge in [0, 0.05) is 13.1 Å². The Kier molecular flexibility index (Phi) is 5.14. The van der Waals surface area contributed by atoms with Crippen molar-refractivity contribution in [1.82, 2.24) is 15.3 Å². The number of hydrogen-bond acceptors (Lipinski definition) is 5. The number of anilines is 1. The highest BCUT2D eigenvalue weighted by atomic mass is 35.5. The Bertz CT molecular complexity index is 473. The highest BCUT2D eigenvalue weighted by Gasteiger charge is 2.20. The van der Waals surface area contributed by atoms with E-state index in [-0.39, 0.29) is 29.3 Å². The van der Waals surface area contributed by atoms with Crippen LogP contribution in [0, 0.1) is 0 Å².